The van der Waals surface area contributed by atoms with Crippen LogP contribution in [0.1, 0.15) is 49.5 Å². The summed E-state index contributed by atoms with van der Waals surface area (Å²) in [4.78, 5) is 26.2. The number of carbonyl (C=O) groups excluding carboxylic acids is 1. The normalized spacial score (nSPS) is 11.0. The highest BCUT2D eigenvalue weighted by molar-refractivity contribution is 5.95. The topological polar surface area (TPSA) is 85.2 Å². The first-order valence-corrected chi connectivity index (χ1v) is 12.4. The number of anilines is 2. The monoisotopic (exact) mass is 496 g/mol. The van der Waals surface area contributed by atoms with Crippen LogP contribution in [0.4, 0.5) is 11.4 Å². The van der Waals surface area contributed by atoms with Crippen LogP contribution in [0.5, 0.6) is 11.5 Å². The number of nitrogens with one attached hydrogen (secondary N) is 2. The van der Waals surface area contributed by atoms with Crippen molar-refractivity contribution in [1.82, 2.24) is 15.1 Å². The van der Waals surface area contributed by atoms with Crippen LogP contribution in [0, 0.1) is 5.92 Å². The summed E-state index contributed by atoms with van der Waals surface area (Å²) in [6, 6.07) is 24.0. The van der Waals surface area contributed by atoms with Gasteiger partial charge in [-0.1, -0.05) is 64.1 Å². The lowest BCUT2D eigenvalue weighted by Crippen LogP contribution is -2.27. The second-order valence-electron chi connectivity index (χ2n) is 9.57. The molecule has 0 unspecified atom stereocenters. The smallest absolute Gasteiger partial charge is 0.299 e. The summed E-state index contributed by atoms with van der Waals surface area (Å²) in [5.41, 5.74) is 2.74. The first-order valence-electron chi connectivity index (χ1n) is 12.4. The van der Waals surface area contributed by atoms with Crippen molar-refractivity contribution in [2.24, 2.45) is 5.92 Å². The molecule has 4 aromatic rings. The molecule has 0 radical (unpaired) electrons. The SMILES string of the molecule is CC(C)CNC(=O)c1cccc(Nc2c(Oc3ccc(C(C)C)cc3)cnn(-c3ccccc3)c2=O)c1. The van der Waals surface area contributed by atoms with Crippen LogP contribution in [0.25, 0.3) is 5.69 Å². The molecule has 0 saturated heterocycles. The van der Waals surface area contributed by atoms with Crippen LogP contribution in [-0.2, 0) is 0 Å². The second-order valence-corrected chi connectivity index (χ2v) is 9.57. The van der Waals surface area contributed by atoms with Crippen molar-refractivity contribution < 1.29 is 9.53 Å². The van der Waals surface area contributed by atoms with Crippen molar-refractivity contribution in [2.75, 3.05) is 11.9 Å². The lowest BCUT2D eigenvalue weighted by atomic mass is 10.0. The molecule has 190 valence electrons. The Kier molecular flexibility index (Phi) is 8.03. The van der Waals surface area contributed by atoms with E-state index in [-0.39, 0.29) is 22.9 Å². The van der Waals surface area contributed by atoms with E-state index in [4.69, 9.17) is 4.74 Å². The molecule has 3 aromatic carbocycles. The quantitative estimate of drug-likeness (QED) is 0.285. The minimum Gasteiger partial charge on any atom is -0.453 e. The first-order chi connectivity index (χ1) is 17.8. The number of rotatable bonds is 9. The zero-order valence-corrected chi connectivity index (χ0v) is 21.6. The summed E-state index contributed by atoms with van der Waals surface area (Å²) >= 11 is 0. The fourth-order valence-corrected chi connectivity index (χ4v) is 3.71. The molecule has 7 nitrogen and oxygen atoms in total. The van der Waals surface area contributed by atoms with Gasteiger partial charge in [0.05, 0.1) is 11.9 Å². The van der Waals surface area contributed by atoms with Gasteiger partial charge in [0.15, 0.2) is 11.4 Å². The molecule has 0 spiro atoms. The largest absolute Gasteiger partial charge is 0.453 e. The van der Waals surface area contributed by atoms with Gasteiger partial charge in [-0.2, -0.15) is 9.78 Å². The van der Waals surface area contributed by atoms with Crippen LogP contribution in [0.2, 0.25) is 0 Å². The third kappa shape index (κ3) is 6.44. The number of hydrogen-bond donors (Lipinski definition) is 2. The van der Waals surface area contributed by atoms with E-state index in [1.165, 1.54) is 16.4 Å². The molecule has 1 amide bonds. The standard InChI is InChI=1S/C30H32N4O3/c1-20(2)18-31-29(35)23-9-8-10-24(17-23)33-28-27(37-26-15-13-22(14-16-26)21(3)4)19-32-34(30(28)36)25-11-6-5-7-12-25/h5-17,19-21,33H,18H2,1-4H3,(H,31,35). The summed E-state index contributed by atoms with van der Waals surface area (Å²) < 4.78 is 7.43. The Morgan fingerprint density at radius 2 is 1.68 bits per heavy atom. The predicted molar refractivity (Wildman–Crippen MR) is 147 cm³/mol. The fourth-order valence-electron chi connectivity index (χ4n) is 3.71. The third-order valence-corrected chi connectivity index (χ3v) is 5.78. The zero-order chi connectivity index (χ0) is 26.4. The molecule has 0 aliphatic carbocycles. The molecule has 0 aliphatic heterocycles. The number of ether oxygens (including phenoxy) is 1. The van der Waals surface area contributed by atoms with Crippen molar-refractivity contribution >= 4 is 17.3 Å². The highest BCUT2D eigenvalue weighted by Gasteiger charge is 2.16. The molecule has 1 heterocycles. The Morgan fingerprint density at radius 3 is 2.35 bits per heavy atom. The number of hydrogen-bond acceptors (Lipinski definition) is 5. The van der Waals surface area contributed by atoms with Crippen LogP contribution in [0.3, 0.4) is 0 Å². The number of benzene rings is 3. The van der Waals surface area contributed by atoms with Crippen LogP contribution < -0.4 is 20.9 Å². The summed E-state index contributed by atoms with van der Waals surface area (Å²) in [5.74, 6) is 1.44. The lowest BCUT2D eigenvalue weighted by molar-refractivity contribution is 0.0949. The van der Waals surface area contributed by atoms with Crippen molar-refractivity contribution in [3.05, 3.63) is 107 Å². The fraction of sp³-hybridized carbons (Fsp3) is 0.233. The van der Waals surface area contributed by atoms with E-state index >= 15 is 0 Å². The molecule has 0 saturated carbocycles. The van der Waals surface area contributed by atoms with Gasteiger partial charge < -0.3 is 15.4 Å². The Balaban J connectivity index is 1.70. The predicted octanol–water partition coefficient (Wildman–Crippen LogP) is 6.28. The van der Waals surface area contributed by atoms with Gasteiger partial charge in [0.25, 0.3) is 11.5 Å². The van der Waals surface area contributed by atoms with Gasteiger partial charge in [-0.3, -0.25) is 9.59 Å². The van der Waals surface area contributed by atoms with E-state index in [1.54, 1.807) is 24.3 Å². The average Bonchev–Trinajstić information content (AvgIpc) is 2.90. The maximum absolute atomic E-state index is 13.6. The van der Waals surface area contributed by atoms with Gasteiger partial charge >= 0.3 is 0 Å². The van der Waals surface area contributed by atoms with Gasteiger partial charge in [0, 0.05) is 17.8 Å². The number of para-hydroxylation sites is 1. The van der Waals surface area contributed by atoms with Gasteiger partial charge in [-0.05, 0) is 59.9 Å². The van der Waals surface area contributed by atoms with Crippen LogP contribution in [0.15, 0.2) is 89.9 Å². The molecule has 0 aliphatic rings. The van der Waals surface area contributed by atoms with Gasteiger partial charge in [-0.15, -0.1) is 0 Å². The van der Waals surface area contributed by atoms with Crippen molar-refractivity contribution in [2.45, 2.75) is 33.6 Å². The van der Waals surface area contributed by atoms with E-state index in [0.29, 0.717) is 41.1 Å². The molecule has 0 atom stereocenters. The molecule has 7 heteroatoms. The number of aromatic nitrogens is 2. The molecular weight excluding hydrogens is 464 g/mol. The van der Waals surface area contributed by atoms with E-state index in [9.17, 15) is 9.59 Å². The number of amides is 1. The van der Waals surface area contributed by atoms with Gasteiger partial charge in [0.1, 0.15) is 5.75 Å². The van der Waals surface area contributed by atoms with Crippen molar-refractivity contribution in [1.29, 1.82) is 0 Å². The van der Waals surface area contributed by atoms with E-state index in [0.717, 1.165) is 0 Å². The molecular formula is C30H32N4O3. The average molecular weight is 497 g/mol. The highest BCUT2D eigenvalue weighted by atomic mass is 16.5. The second kappa shape index (κ2) is 11.6. The Hall–Kier alpha value is -4.39. The van der Waals surface area contributed by atoms with E-state index in [1.807, 2.05) is 68.4 Å². The molecule has 2 N–H and O–H groups in total. The minimum atomic E-state index is -0.378. The van der Waals surface area contributed by atoms with Gasteiger partial charge in [0.2, 0.25) is 0 Å². The highest BCUT2D eigenvalue weighted by Crippen LogP contribution is 2.30. The number of nitrogens with zero attached hydrogens (tertiary/aromatic N) is 2. The van der Waals surface area contributed by atoms with E-state index in [2.05, 4.69) is 29.6 Å². The summed E-state index contributed by atoms with van der Waals surface area (Å²) in [7, 11) is 0. The van der Waals surface area contributed by atoms with Crippen molar-refractivity contribution in [3.8, 4) is 17.2 Å². The lowest BCUT2D eigenvalue weighted by Gasteiger charge is -2.15. The summed E-state index contributed by atoms with van der Waals surface area (Å²) in [6.07, 6.45) is 1.52. The maximum Gasteiger partial charge on any atom is 0.299 e. The van der Waals surface area contributed by atoms with E-state index < -0.39 is 0 Å². The Bertz CT molecular complexity index is 1410. The third-order valence-electron chi connectivity index (χ3n) is 5.78. The zero-order valence-electron chi connectivity index (χ0n) is 21.6. The summed E-state index contributed by atoms with van der Waals surface area (Å²) in [6.45, 7) is 8.91. The molecule has 0 bridgehead atoms. The van der Waals surface area contributed by atoms with Crippen molar-refractivity contribution in [3.63, 3.8) is 0 Å². The molecule has 37 heavy (non-hydrogen) atoms. The molecule has 4 rings (SSSR count). The summed E-state index contributed by atoms with van der Waals surface area (Å²) in [5, 5.41) is 10.5. The molecule has 0 fully saturated rings. The Morgan fingerprint density at radius 1 is 0.946 bits per heavy atom. The van der Waals surface area contributed by atoms with Gasteiger partial charge in [-0.25, -0.2) is 0 Å². The minimum absolute atomic E-state index is 0.171. The number of carbonyl (C=O) groups is 1. The Labute approximate surface area is 217 Å². The van der Waals surface area contributed by atoms with Crippen LogP contribution >= 0.6 is 0 Å². The van der Waals surface area contributed by atoms with Crippen LogP contribution in [-0.4, -0.2) is 22.2 Å². The first kappa shape index (κ1) is 25.7. The maximum atomic E-state index is 13.6. The molecule has 1 aromatic heterocycles.